The van der Waals surface area contributed by atoms with Crippen LogP contribution in [0, 0.1) is 0 Å². The van der Waals surface area contributed by atoms with Crippen LogP contribution in [-0.4, -0.2) is 66.0 Å². The molecule has 11 heteroatoms. The smallest absolute Gasteiger partial charge is 0.501 e. The number of guanidine groups is 1. The van der Waals surface area contributed by atoms with E-state index in [1.165, 1.54) is 12.0 Å². The number of benzene rings is 3. The minimum Gasteiger partial charge on any atom is -0.745 e. The van der Waals surface area contributed by atoms with Crippen molar-refractivity contribution in [3.05, 3.63) is 96.1 Å². The lowest BCUT2D eigenvalue weighted by Crippen LogP contribution is -2.75. The van der Waals surface area contributed by atoms with Crippen molar-refractivity contribution in [2.24, 2.45) is 0 Å². The van der Waals surface area contributed by atoms with Crippen molar-refractivity contribution in [3.63, 3.8) is 0 Å². The molecule has 3 amide bonds. The highest BCUT2D eigenvalue weighted by Gasteiger charge is 2.60. The van der Waals surface area contributed by atoms with Crippen molar-refractivity contribution in [3.8, 4) is 5.75 Å². The highest BCUT2D eigenvalue weighted by molar-refractivity contribution is 7.61. The van der Waals surface area contributed by atoms with E-state index in [1.807, 2.05) is 30.3 Å². The van der Waals surface area contributed by atoms with Gasteiger partial charge in [0, 0.05) is 0 Å². The van der Waals surface area contributed by atoms with Gasteiger partial charge in [-0.3, -0.25) is 9.37 Å². The lowest BCUT2D eigenvalue weighted by Gasteiger charge is -2.52. The Morgan fingerprint density at radius 2 is 1.41 bits per heavy atom. The molecule has 0 N–H and O–H groups in total. The quantitative estimate of drug-likeness (QED) is 0.303. The Hall–Kier alpha value is -4.51. The molecule has 1 aliphatic rings. The Bertz CT molecular complexity index is 1420. The number of hydrazine groups is 1. The lowest BCUT2D eigenvalue weighted by molar-refractivity contribution is -0.521. The normalized spacial score (nSPS) is 18.2. The molecule has 0 radical (unpaired) electrons. The molecule has 41 heavy (non-hydrogen) atoms. The topological polar surface area (TPSA) is 91.6 Å². The summed E-state index contributed by atoms with van der Waals surface area (Å²) in [5.74, 6) is -0.0557. The summed E-state index contributed by atoms with van der Waals surface area (Å²) in [5, 5.41) is 1.87. The summed E-state index contributed by atoms with van der Waals surface area (Å²) < 4.78 is 17.8. The Labute approximate surface area is 244 Å². The first kappa shape index (κ1) is 29.5. The van der Waals surface area contributed by atoms with Crippen molar-refractivity contribution in [2.75, 3.05) is 32.3 Å². The van der Waals surface area contributed by atoms with E-state index in [0.717, 1.165) is 15.6 Å². The van der Waals surface area contributed by atoms with Crippen LogP contribution in [0.3, 0.4) is 0 Å². The summed E-state index contributed by atoms with van der Waals surface area (Å²) in [7, 11) is 3.25. The molecule has 1 atom stereocenters. The van der Waals surface area contributed by atoms with Crippen molar-refractivity contribution in [1.82, 2.24) is 10.0 Å². The van der Waals surface area contributed by atoms with Crippen molar-refractivity contribution >= 4 is 42.4 Å². The van der Waals surface area contributed by atoms with E-state index in [1.54, 1.807) is 80.1 Å². The van der Waals surface area contributed by atoms with Gasteiger partial charge >= 0.3 is 18.1 Å². The van der Waals surface area contributed by atoms with Gasteiger partial charge in [0.1, 0.15) is 11.4 Å². The van der Waals surface area contributed by atoms with Crippen molar-refractivity contribution in [2.45, 2.75) is 25.3 Å². The molecule has 3 aromatic carbocycles. The van der Waals surface area contributed by atoms with Crippen LogP contribution in [0.2, 0.25) is 0 Å². The van der Waals surface area contributed by atoms with E-state index in [2.05, 4.69) is 0 Å². The van der Waals surface area contributed by atoms with Crippen LogP contribution < -0.4 is 9.64 Å². The Morgan fingerprint density at radius 3 is 1.98 bits per heavy atom. The number of hydrogen-bond acceptors (Lipinski definition) is 7. The van der Waals surface area contributed by atoms with E-state index in [0.29, 0.717) is 17.0 Å². The second-order valence-corrected chi connectivity index (χ2v) is 9.60. The lowest BCUT2D eigenvalue weighted by atomic mass is 10.0. The number of methoxy groups -OCH3 is 1. The third-order valence-electron chi connectivity index (χ3n) is 6.36. The molecule has 0 spiro atoms. The zero-order chi connectivity index (χ0) is 29.6. The maximum Gasteiger partial charge on any atom is 0.501 e. The fourth-order valence-corrected chi connectivity index (χ4v) is 4.92. The number of carbonyl (C=O) groups excluding carboxylic acids is 3. The molecule has 0 aliphatic carbocycles. The van der Waals surface area contributed by atoms with Crippen LogP contribution in [0.5, 0.6) is 5.75 Å². The van der Waals surface area contributed by atoms with Gasteiger partial charge in [-0.25, -0.2) is 9.59 Å². The number of hydrogen-bond donors (Lipinski definition) is 0. The number of amides is 3. The average molecular weight is 577 g/mol. The van der Waals surface area contributed by atoms with Gasteiger partial charge in [0.25, 0.3) is 5.91 Å². The zero-order valence-electron chi connectivity index (χ0n) is 23.4. The summed E-state index contributed by atoms with van der Waals surface area (Å²) in [6, 6.07) is 24.7. The minimum absolute atomic E-state index is 0.00786. The fourth-order valence-electron chi connectivity index (χ4n) is 4.53. The van der Waals surface area contributed by atoms with Gasteiger partial charge in [-0.1, -0.05) is 65.7 Å². The minimum atomic E-state index is -2.11. The molecule has 0 saturated carbocycles. The molecule has 0 aromatic heterocycles. The average Bonchev–Trinajstić information content (AvgIpc) is 2.99. The van der Waals surface area contributed by atoms with E-state index >= 15 is 0 Å². The zero-order valence-corrected chi connectivity index (χ0v) is 24.2. The Morgan fingerprint density at radius 1 is 0.854 bits per heavy atom. The van der Waals surface area contributed by atoms with Crippen LogP contribution in [-0.2, 0) is 38.3 Å². The third-order valence-corrected chi connectivity index (χ3v) is 6.95. The van der Waals surface area contributed by atoms with Crippen LogP contribution in [0.15, 0.2) is 84.9 Å². The molecule has 1 saturated heterocycles. The molecule has 3 aromatic rings. The highest BCUT2D eigenvalue weighted by Crippen LogP contribution is 2.39. The van der Waals surface area contributed by atoms with Crippen LogP contribution in [0.4, 0.5) is 15.3 Å². The molecule has 1 unspecified atom stereocenters. The molecular weight excluding hydrogens is 544 g/mol. The number of ether oxygens (including phenoxy) is 3. The molecule has 0 bridgehead atoms. The second-order valence-electron chi connectivity index (χ2n) is 9.01. The Balaban J connectivity index is 2.06. The van der Waals surface area contributed by atoms with E-state index in [9.17, 15) is 14.4 Å². The molecule has 10 nitrogen and oxygen atoms in total. The number of rotatable bonds is 7. The van der Waals surface area contributed by atoms with Crippen LogP contribution in [0.1, 0.15) is 25.0 Å². The summed E-state index contributed by atoms with van der Waals surface area (Å²) in [4.78, 5) is 41.4. The summed E-state index contributed by atoms with van der Waals surface area (Å²) >= 11 is 6.06. The van der Waals surface area contributed by atoms with E-state index in [4.69, 9.17) is 26.8 Å². The maximum atomic E-state index is 14.7. The van der Waals surface area contributed by atoms with Gasteiger partial charge in [0.2, 0.25) is 0 Å². The standard InChI is InChI=1S/C30H32N4O6S/c1-5-39-28(36)33-27(31(3)21-22-13-9-7-10-14-22)32(24-17-19-25(38-4)20-18-24)26(35)30(41,23-15-11-8-12-16-23)34(33)29(37)40-6-2/h7-20H,5-6,21H2,1-4H3. The first-order valence-corrected chi connectivity index (χ1v) is 13.5. The van der Waals surface area contributed by atoms with Crippen LogP contribution >= 0.6 is 0 Å². The van der Waals surface area contributed by atoms with E-state index < -0.39 is 23.0 Å². The summed E-state index contributed by atoms with van der Waals surface area (Å²) in [5.41, 5.74) is 1.59. The molecule has 1 heterocycles. The maximum absolute atomic E-state index is 14.7. The molecule has 1 fully saturated rings. The molecule has 214 valence electrons. The number of nitrogens with zero attached hydrogens (tertiary/aromatic N) is 4. The number of carbonyl (C=O) groups is 3. The van der Waals surface area contributed by atoms with Gasteiger partial charge in [0.15, 0.2) is 0 Å². The number of anilines is 1. The van der Waals surface area contributed by atoms with Crippen LogP contribution in [0.25, 0.3) is 0 Å². The van der Waals surface area contributed by atoms with Crippen molar-refractivity contribution in [1.29, 1.82) is 0 Å². The molecule has 4 rings (SSSR count). The van der Waals surface area contributed by atoms with Gasteiger partial charge in [-0.05, 0) is 49.2 Å². The summed E-state index contributed by atoms with van der Waals surface area (Å²) in [6.07, 6.45) is -1.89. The largest absolute Gasteiger partial charge is 0.745 e. The van der Waals surface area contributed by atoms with Gasteiger partial charge < -0.3 is 26.8 Å². The molecule has 1 aliphatic heterocycles. The first-order chi connectivity index (χ1) is 19.8. The predicted octanol–water partition coefficient (Wildman–Crippen LogP) is 4.47. The van der Waals surface area contributed by atoms with Gasteiger partial charge in [-0.15, -0.1) is 0 Å². The first-order valence-electron chi connectivity index (χ1n) is 13.1. The second kappa shape index (κ2) is 12.8. The summed E-state index contributed by atoms with van der Waals surface area (Å²) in [6.45, 7) is 3.54. The molecular formula is C30H32N4O6S. The van der Waals surface area contributed by atoms with Gasteiger partial charge in [-0.2, -0.15) is 9.91 Å². The van der Waals surface area contributed by atoms with E-state index in [-0.39, 0.29) is 25.7 Å². The third kappa shape index (κ3) is 5.71. The highest BCUT2D eigenvalue weighted by atomic mass is 32.1. The SMILES string of the molecule is CCOC(=O)N1C(=[N+](C)Cc2ccccc2)N(c2ccc(OC)cc2)C(=O)C([S-])(c2ccccc2)N1C(=O)OCC. The Kier molecular flexibility index (Phi) is 9.18. The monoisotopic (exact) mass is 576 g/mol. The predicted molar refractivity (Wildman–Crippen MR) is 155 cm³/mol. The fraction of sp³-hybridized carbons (Fsp3) is 0.267. The van der Waals surface area contributed by atoms with Gasteiger partial charge in [0.05, 0.1) is 38.8 Å². The van der Waals surface area contributed by atoms with Crippen molar-refractivity contribution < 1.29 is 33.2 Å².